The quantitative estimate of drug-likeness (QED) is 0.703. The number of nitrogens with zero attached hydrogens (tertiary/aromatic N) is 1. The van der Waals surface area contributed by atoms with E-state index in [-0.39, 0.29) is 17.7 Å². The number of pyridine rings is 1. The molecule has 0 spiro atoms. The predicted molar refractivity (Wildman–Crippen MR) is 81.7 cm³/mol. The van der Waals surface area contributed by atoms with Gasteiger partial charge in [0, 0.05) is 11.6 Å². The number of nitrogens with two attached hydrogens (primary N) is 2. The smallest absolute Gasteiger partial charge is 0.320 e. The molecule has 0 aliphatic rings. The second-order valence-corrected chi connectivity index (χ2v) is 7.07. The highest BCUT2D eigenvalue weighted by atomic mass is 32.2. The van der Waals surface area contributed by atoms with Gasteiger partial charge in [-0.2, -0.15) is 0 Å². The van der Waals surface area contributed by atoms with Crippen molar-refractivity contribution in [3.8, 4) is 0 Å². The summed E-state index contributed by atoms with van der Waals surface area (Å²) in [6, 6.07) is 7.16. The highest BCUT2D eigenvalue weighted by Crippen LogP contribution is 2.24. The van der Waals surface area contributed by atoms with Crippen LogP contribution < -0.4 is 11.5 Å². The Bertz CT molecular complexity index is 786. The van der Waals surface area contributed by atoms with Crippen molar-refractivity contribution in [2.45, 2.75) is 29.2 Å². The molecular weight excluding hydrogens is 306 g/mol. The first-order valence-corrected chi connectivity index (χ1v) is 8.20. The van der Waals surface area contributed by atoms with Gasteiger partial charge < -0.3 is 16.6 Å². The van der Waals surface area contributed by atoms with Gasteiger partial charge in [-0.25, -0.2) is 8.42 Å². The van der Waals surface area contributed by atoms with E-state index >= 15 is 0 Å². The fourth-order valence-corrected chi connectivity index (χ4v) is 3.57. The Morgan fingerprint density at radius 2 is 1.86 bits per heavy atom. The van der Waals surface area contributed by atoms with Crippen molar-refractivity contribution >= 4 is 26.7 Å². The lowest BCUT2D eigenvalue weighted by Crippen LogP contribution is -2.36. The van der Waals surface area contributed by atoms with Crippen LogP contribution in [-0.2, 0) is 14.6 Å². The van der Waals surface area contributed by atoms with E-state index in [1.165, 1.54) is 12.3 Å². The number of hydrogen-bond donors (Lipinski definition) is 3. The van der Waals surface area contributed by atoms with Gasteiger partial charge >= 0.3 is 5.97 Å². The van der Waals surface area contributed by atoms with Crippen LogP contribution in [0.5, 0.6) is 0 Å². The van der Waals surface area contributed by atoms with Gasteiger partial charge in [0.25, 0.3) is 0 Å². The minimum atomic E-state index is -3.82. The Labute approximate surface area is 127 Å². The van der Waals surface area contributed by atoms with Gasteiger partial charge in [0.15, 0.2) is 9.84 Å². The van der Waals surface area contributed by atoms with Crippen molar-refractivity contribution in [3.63, 3.8) is 0 Å². The lowest BCUT2D eigenvalue weighted by atomic mass is 10.2. The van der Waals surface area contributed by atoms with Crippen molar-refractivity contribution in [2.24, 2.45) is 11.5 Å². The third-order valence-corrected chi connectivity index (χ3v) is 5.36. The number of para-hydroxylation sites is 1. The van der Waals surface area contributed by atoms with Gasteiger partial charge in [0.1, 0.15) is 11.4 Å². The van der Waals surface area contributed by atoms with Crippen LogP contribution in [0, 0.1) is 0 Å². The van der Waals surface area contributed by atoms with Crippen LogP contribution >= 0.6 is 0 Å². The summed E-state index contributed by atoms with van der Waals surface area (Å²) in [5.74, 6) is -1.18. The molecule has 0 radical (unpaired) electrons. The lowest BCUT2D eigenvalue weighted by Gasteiger charge is -2.15. The molecule has 0 amide bonds. The summed E-state index contributed by atoms with van der Waals surface area (Å²) in [7, 11) is -3.82. The van der Waals surface area contributed by atoms with Crippen LogP contribution in [0.3, 0.4) is 0 Å². The molecule has 0 saturated heterocycles. The minimum absolute atomic E-state index is 0.0199. The Balaban J connectivity index is 2.30. The SMILES string of the molecule is NC(CC[C@H](N)C(=O)O)S(=O)(=O)c1cccc2cccnc12. The zero-order valence-corrected chi connectivity index (χ0v) is 12.5. The number of carboxylic acids is 1. The van der Waals surface area contributed by atoms with E-state index in [0.717, 1.165) is 0 Å². The molecule has 1 aromatic carbocycles. The van der Waals surface area contributed by atoms with Crippen molar-refractivity contribution in [3.05, 3.63) is 36.5 Å². The van der Waals surface area contributed by atoms with Crippen molar-refractivity contribution in [1.29, 1.82) is 0 Å². The Hall–Kier alpha value is -2.03. The minimum Gasteiger partial charge on any atom is -0.480 e. The van der Waals surface area contributed by atoms with E-state index in [0.29, 0.717) is 10.9 Å². The summed E-state index contributed by atoms with van der Waals surface area (Å²) in [6.07, 6.45) is 1.44. The van der Waals surface area contributed by atoms with Gasteiger partial charge in [-0.1, -0.05) is 18.2 Å². The number of sulfone groups is 1. The molecule has 2 atom stereocenters. The first-order chi connectivity index (χ1) is 10.3. The monoisotopic (exact) mass is 323 g/mol. The number of aromatic nitrogens is 1. The number of benzene rings is 1. The largest absolute Gasteiger partial charge is 0.480 e. The summed E-state index contributed by atoms with van der Waals surface area (Å²) in [6.45, 7) is 0. The standard InChI is InChI=1S/C14H17N3O4S/c15-10(14(18)19)6-7-12(16)22(20,21)11-5-1-3-9-4-2-8-17-13(9)11/h1-5,8,10,12H,6-7,15-16H2,(H,18,19)/t10-,12?/m0/s1. The fraction of sp³-hybridized carbons (Fsp3) is 0.286. The molecule has 1 heterocycles. The summed E-state index contributed by atoms with van der Waals surface area (Å²) < 4.78 is 25.2. The molecule has 0 saturated carbocycles. The second kappa shape index (κ2) is 6.39. The van der Waals surface area contributed by atoms with Crippen molar-refractivity contribution < 1.29 is 18.3 Å². The van der Waals surface area contributed by atoms with Gasteiger partial charge in [-0.05, 0) is 25.0 Å². The number of rotatable bonds is 6. The van der Waals surface area contributed by atoms with Crippen LogP contribution in [0.15, 0.2) is 41.4 Å². The lowest BCUT2D eigenvalue weighted by molar-refractivity contribution is -0.138. The maximum Gasteiger partial charge on any atom is 0.320 e. The maximum atomic E-state index is 12.6. The van der Waals surface area contributed by atoms with E-state index in [1.807, 2.05) is 0 Å². The number of fused-ring (bicyclic) bond motifs is 1. The van der Waals surface area contributed by atoms with E-state index in [4.69, 9.17) is 16.6 Å². The van der Waals surface area contributed by atoms with Gasteiger partial charge in [-0.15, -0.1) is 0 Å². The molecule has 8 heteroatoms. The third-order valence-electron chi connectivity index (χ3n) is 3.38. The number of hydrogen-bond acceptors (Lipinski definition) is 6. The zero-order valence-electron chi connectivity index (χ0n) is 11.7. The van der Waals surface area contributed by atoms with Gasteiger partial charge in [-0.3, -0.25) is 9.78 Å². The molecule has 0 fully saturated rings. The van der Waals surface area contributed by atoms with E-state index in [2.05, 4.69) is 4.98 Å². The highest BCUT2D eigenvalue weighted by Gasteiger charge is 2.27. The molecule has 7 nitrogen and oxygen atoms in total. The molecule has 2 aromatic rings. The van der Waals surface area contributed by atoms with Gasteiger partial charge in [0.05, 0.1) is 10.4 Å². The van der Waals surface area contributed by atoms with E-state index in [9.17, 15) is 13.2 Å². The molecule has 0 aliphatic heterocycles. The molecule has 0 aliphatic carbocycles. The molecule has 2 rings (SSSR count). The Kier molecular flexibility index (Phi) is 4.74. The molecule has 118 valence electrons. The van der Waals surface area contributed by atoms with Crippen molar-refractivity contribution in [2.75, 3.05) is 0 Å². The van der Waals surface area contributed by atoms with Crippen LogP contribution in [0.25, 0.3) is 10.9 Å². The normalized spacial score (nSPS) is 14.6. The Morgan fingerprint density at radius 3 is 2.55 bits per heavy atom. The topological polar surface area (TPSA) is 136 Å². The van der Waals surface area contributed by atoms with Crippen LogP contribution in [0.2, 0.25) is 0 Å². The van der Waals surface area contributed by atoms with E-state index < -0.39 is 27.2 Å². The van der Waals surface area contributed by atoms with Crippen LogP contribution in [-0.4, -0.2) is 35.9 Å². The second-order valence-electron chi connectivity index (χ2n) is 4.94. The molecular formula is C14H17N3O4S. The van der Waals surface area contributed by atoms with Gasteiger partial charge in [0.2, 0.25) is 0 Å². The van der Waals surface area contributed by atoms with E-state index in [1.54, 1.807) is 24.3 Å². The maximum absolute atomic E-state index is 12.6. The number of aliphatic carboxylic acids is 1. The average molecular weight is 323 g/mol. The number of carbonyl (C=O) groups is 1. The molecule has 1 unspecified atom stereocenters. The number of carboxylic acid groups (broad SMARTS) is 1. The molecule has 5 N–H and O–H groups in total. The first kappa shape index (κ1) is 16.3. The van der Waals surface area contributed by atoms with Crippen molar-refractivity contribution in [1.82, 2.24) is 4.98 Å². The summed E-state index contributed by atoms with van der Waals surface area (Å²) in [4.78, 5) is 14.8. The third kappa shape index (κ3) is 3.24. The fourth-order valence-electron chi connectivity index (χ4n) is 2.09. The molecule has 22 heavy (non-hydrogen) atoms. The Morgan fingerprint density at radius 1 is 1.18 bits per heavy atom. The summed E-state index contributed by atoms with van der Waals surface area (Å²) in [5, 5.41) is 8.19. The predicted octanol–water partition coefficient (Wildman–Crippen LogP) is 0.485. The highest BCUT2D eigenvalue weighted by molar-refractivity contribution is 7.92. The first-order valence-electron chi connectivity index (χ1n) is 6.65. The summed E-state index contributed by atoms with van der Waals surface area (Å²) >= 11 is 0. The van der Waals surface area contributed by atoms with Crippen LogP contribution in [0.4, 0.5) is 0 Å². The average Bonchev–Trinajstić information content (AvgIpc) is 2.51. The zero-order chi connectivity index (χ0) is 16.3. The summed E-state index contributed by atoms with van der Waals surface area (Å²) in [5.41, 5.74) is 11.5. The molecule has 0 bridgehead atoms. The molecule has 1 aromatic heterocycles. The van der Waals surface area contributed by atoms with Crippen LogP contribution in [0.1, 0.15) is 12.8 Å².